The van der Waals surface area contributed by atoms with Crippen LogP contribution in [-0.2, 0) is 59.2 Å². The van der Waals surface area contributed by atoms with E-state index < -0.39 is 126 Å². The molecule has 0 aliphatic carbocycles. The topological polar surface area (TPSA) is 324 Å². The normalized spacial score (nSPS) is 19.0. The maximum Gasteiger partial charge on any atom is 0.404 e. The number of piperidine rings is 1. The summed E-state index contributed by atoms with van der Waals surface area (Å²) in [6.45, 7) is 20.9. The first-order valence-electron chi connectivity index (χ1n) is 36.1. The third-order valence-corrected chi connectivity index (χ3v) is 19.6. The molecule has 100 heavy (non-hydrogen) atoms. The fourth-order valence-corrected chi connectivity index (χ4v) is 13.6. The van der Waals surface area contributed by atoms with Crippen molar-refractivity contribution >= 4 is 64.9 Å². The molecular weight excluding hydrogens is 1300 g/mol. The molecule has 10 N–H and O–H groups in total. The molecule has 2 aliphatic rings. The van der Waals surface area contributed by atoms with Crippen LogP contribution in [0.15, 0.2) is 36.0 Å². The number of alkyl halides is 3. The van der Waals surface area contributed by atoms with Gasteiger partial charge < -0.3 is 67.5 Å². The monoisotopic (exact) mass is 1420 g/mol. The average molecular weight is 1420 g/mol. The first-order chi connectivity index (χ1) is 47.2. The van der Waals surface area contributed by atoms with Gasteiger partial charge in [-0.3, -0.25) is 53.0 Å². The van der Waals surface area contributed by atoms with Gasteiger partial charge in [0.15, 0.2) is 0 Å². The molecule has 2 heterocycles. The first kappa shape index (κ1) is 87.3. The molecule has 2 aliphatic heterocycles. The number of ether oxygens (including phenoxy) is 2. The highest BCUT2D eigenvalue weighted by atomic mass is 19.4. The summed E-state index contributed by atoms with van der Waals surface area (Å²) in [5.41, 5.74) is 6.88. The number of nitrogens with two attached hydrogens (primary N) is 1. The number of methoxy groups -OCH3 is 2. The number of rotatable bonds is 43. The maximum atomic E-state index is 14.6. The van der Waals surface area contributed by atoms with Crippen molar-refractivity contribution in [3.63, 3.8) is 0 Å². The van der Waals surface area contributed by atoms with E-state index in [-0.39, 0.29) is 107 Å². The standard InChI is InChI=1S/C72H122F3N13O12/c1-17-21-22-27-47(10)63(85(12)13)69(96)84-61(45(7)8)70(97)86(14)62(46(9)19-3)55(99-15)41-59(91)88-38-24-29-54(88)64(100-16)48(11)65(92)79-43-58(90)78-42-49-31-33-52(34-32-49)81-67(94)53(28-23-36-77-71(76)98)82-68(95)60(44(5)6)83-57(89)30-25-37-87-39-35-50(40-56(87)72(73,74)75)66(93)80-51(20-4)26-18-2/h20,31-34,44-48,50,53-56,60-64H,17-19,21-30,35-43H2,1-16H3,(H,78,90)(H,79,92)(H,80,93)(H,81,94)(H,82,95)(H,83,89)(H,84,96)(H3,76,77,98)/b51-20-/t46-,47?,48+,50?,53-,54-,55+,56?,60-,61-,62-,63-,64+/m0/s1. The Hall–Kier alpha value is -6.91. The Kier molecular flexibility index (Phi) is 38.2. The highest BCUT2D eigenvalue weighted by Gasteiger charge is 2.48. The smallest absolute Gasteiger partial charge is 0.379 e. The van der Waals surface area contributed by atoms with Gasteiger partial charge >= 0.3 is 12.2 Å². The Bertz CT molecular complexity index is 2810. The van der Waals surface area contributed by atoms with E-state index in [1.54, 1.807) is 74.9 Å². The van der Waals surface area contributed by atoms with Crippen LogP contribution in [-0.4, -0.2) is 208 Å². The van der Waals surface area contributed by atoms with Gasteiger partial charge in [-0.25, -0.2) is 4.79 Å². The number of likely N-dealkylation sites (tertiary alicyclic amines) is 2. The van der Waals surface area contributed by atoms with Gasteiger partial charge in [-0.2, -0.15) is 13.2 Å². The van der Waals surface area contributed by atoms with Crippen LogP contribution in [0.5, 0.6) is 0 Å². The number of halogens is 3. The summed E-state index contributed by atoms with van der Waals surface area (Å²) < 4.78 is 55.1. The molecule has 13 atom stereocenters. The van der Waals surface area contributed by atoms with Crippen LogP contribution in [0.3, 0.4) is 0 Å². The molecule has 0 spiro atoms. The van der Waals surface area contributed by atoms with Crippen LogP contribution >= 0.6 is 0 Å². The summed E-state index contributed by atoms with van der Waals surface area (Å²) >= 11 is 0. The quantitative estimate of drug-likeness (QED) is 0.0301. The highest BCUT2D eigenvalue weighted by molar-refractivity contribution is 5.98. The number of anilines is 1. The number of carbonyl (C=O) groups is 10. The van der Waals surface area contributed by atoms with E-state index in [1.807, 2.05) is 53.6 Å². The van der Waals surface area contributed by atoms with E-state index in [2.05, 4.69) is 56.4 Å². The van der Waals surface area contributed by atoms with E-state index in [9.17, 15) is 61.1 Å². The molecule has 11 amide bonds. The van der Waals surface area contributed by atoms with Gasteiger partial charge in [0, 0.05) is 64.6 Å². The summed E-state index contributed by atoms with van der Waals surface area (Å²) in [7, 11) is 8.47. The highest BCUT2D eigenvalue weighted by Crippen LogP contribution is 2.36. The second kappa shape index (κ2) is 43.8. The minimum atomic E-state index is -4.61. The molecule has 0 aromatic heterocycles. The molecule has 3 rings (SSSR count). The number of benzene rings is 1. The zero-order valence-electron chi connectivity index (χ0n) is 62.5. The van der Waals surface area contributed by atoms with Gasteiger partial charge in [-0.15, -0.1) is 0 Å². The summed E-state index contributed by atoms with van der Waals surface area (Å²) in [6.07, 6.45) is 2.77. The number of nitrogens with zero attached hydrogens (tertiary/aromatic N) is 4. The molecule has 25 nitrogen and oxygen atoms in total. The molecule has 568 valence electrons. The molecule has 1 aromatic carbocycles. The number of amides is 11. The lowest BCUT2D eigenvalue weighted by Gasteiger charge is -2.41. The number of primary amides is 1. The fourth-order valence-electron chi connectivity index (χ4n) is 13.6. The second-order valence-corrected chi connectivity index (χ2v) is 28.1. The van der Waals surface area contributed by atoms with Crippen LogP contribution in [0.4, 0.5) is 23.7 Å². The van der Waals surface area contributed by atoms with Crippen LogP contribution in [0.2, 0.25) is 0 Å². The van der Waals surface area contributed by atoms with Crippen molar-refractivity contribution in [1.29, 1.82) is 0 Å². The molecular formula is C72H122F3N13O12. The molecule has 2 fully saturated rings. The van der Waals surface area contributed by atoms with E-state index >= 15 is 0 Å². The van der Waals surface area contributed by atoms with Gasteiger partial charge in [0.25, 0.3) is 0 Å². The van der Waals surface area contributed by atoms with Gasteiger partial charge in [0.2, 0.25) is 53.2 Å². The molecule has 0 radical (unpaired) electrons. The number of hydrogen-bond acceptors (Lipinski definition) is 14. The third kappa shape index (κ3) is 27.8. The lowest BCUT2D eigenvalue weighted by molar-refractivity contribution is -0.196. The largest absolute Gasteiger partial charge is 0.404 e. The lowest BCUT2D eigenvalue weighted by Crippen LogP contribution is -2.60. The summed E-state index contributed by atoms with van der Waals surface area (Å²) in [6, 6.07) is -0.781. The lowest BCUT2D eigenvalue weighted by atomic mass is 9.89. The van der Waals surface area contributed by atoms with Gasteiger partial charge in [-0.05, 0) is 133 Å². The Morgan fingerprint density at radius 2 is 1.39 bits per heavy atom. The van der Waals surface area contributed by atoms with Crippen molar-refractivity contribution < 1.29 is 70.6 Å². The van der Waals surface area contributed by atoms with Crippen LogP contribution in [0.25, 0.3) is 0 Å². The number of nitrogens with one attached hydrogen (secondary N) is 8. The van der Waals surface area contributed by atoms with Crippen molar-refractivity contribution in [1.82, 2.24) is 56.8 Å². The predicted molar refractivity (Wildman–Crippen MR) is 379 cm³/mol. The number of unbranched alkanes of at least 4 members (excludes halogenated alkanes) is 2. The first-order valence-corrected chi connectivity index (χ1v) is 36.1. The molecule has 3 unspecified atom stereocenters. The number of carbonyl (C=O) groups excluding carboxylic acids is 10. The molecule has 28 heteroatoms. The van der Waals surface area contributed by atoms with Crippen molar-refractivity contribution in [2.45, 2.75) is 246 Å². The fraction of sp³-hybridized carbons (Fsp3) is 0.750. The Morgan fingerprint density at radius 3 is 1.96 bits per heavy atom. The van der Waals surface area contributed by atoms with E-state index in [0.717, 1.165) is 32.1 Å². The second-order valence-electron chi connectivity index (χ2n) is 28.1. The predicted octanol–water partition coefficient (Wildman–Crippen LogP) is 6.88. The number of allylic oxidation sites excluding steroid dienone is 2. The van der Waals surface area contributed by atoms with Crippen molar-refractivity contribution in [3.8, 4) is 0 Å². The summed E-state index contributed by atoms with van der Waals surface area (Å²) in [5.74, 6) is -6.41. The van der Waals surface area contributed by atoms with Gasteiger partial charge in [-0.1, -0.05) is 120 Å². The Morgan fingerprint density at radius 1 is 0.720 bits per heavy atom. The van der Waals surface area contributed by atoms with E-state index in [4.69, 9.17) is 15.2 Å². The summed E-state index contributed by atoms with van der Waals surface area (Å²) in [5, 5.41) is 22.0. The zero-order valence-corrected chi connectivity index (χ0v) is 62.5. The van der Waals surface area contributed by atoms with Crippen molar-refractivity contribution in [3.05, 3.63) is 41.6 Å². The minimum Gasteiger partial charge on any atom is -0.379 e. The molecule has 0 bridgehead atoms. The van der Waals surface area contributed by atoms with E-state index in [1.165, 1.54) is 19.1 Å². The number of likely N-dealkylation sites (N-methyl/N-ethyl adjacent to an activating group) is 2. The van der Waals surface area contributed by atoms with Gasteiger partial charge in [0.05, 0.1) is 49.2 Å². The average Bonchev–Trinajstić information content (AvgIpc) is 1.04. The number of urea groups is 1. The molecule has 2 saturated heterocycles. The maximum absolute atomic E-state index is 14.6. The Balaban J connectivity index is 1.61. The van der Waals surface area contributed by atoms with Crippen molar-refractivity contribution in [2.75, 3.05) is 73.4 Å². The Labute approximate surface area is 592 Å². The molecule has 1 aromatic rings. The van der Waals surface area contributed by atoms with Crippen molar-refractivity contribution in [2.24, 2.45) is 41.2 Å². The van der Waals surface area contributed by atoms with Crippen LogP contribution < -0.4 is 48.3 Å². The van der Waals surface area contributed by atoms with Gasteiger partial charge in [0.1, 0.15) is 24.2 Å². The minimum absolute atomic E-state index is 0.00367. The summed E-state index contributed by atoms with van der Waals surface area (Å²) in [4.78, 5) is 142. The van der Waals surface area contributed by atoms with E-state index in [0.29, 0.717) is 49.2 Å². The SMILES string of the molecule is C/C=C(/CCC)NC(=O)C1CCN(CCCC(=O)N[C@H](C(=O)N[C@@H](CCCNC(N)=O)C(=O)Nc2ccc(CNC(=O)CNC(=O)[C@H](C)[C@@H](OC)[C@@H]3CCCN3C(=O)C[C@@H](OC)[C@H]([C@@H](C)CC)N(C)C(=O)[C@@H](NC(=O)[C@H](C(C)CCCCC)N(C)C)C(C)C)cc2)C(C)C)C(C(F)(F)F)C1. The van der Waals surface area contributed by atoms with Crippen LogP contribution in [0, 0.1) is 35.5 Å². The van der Waals surface area contributed by atoms with Crippen LogP contribution in [0.1, 0.15) is 184 Å². The number of hydrogen-bond donors (Lipinski definition) is 9. The zero-order chi connectivity index (χ0) is 75.1. The molecule has 0 saturated carbocycles. The third-order valence-electron chi connectivity index (χ3n) is 19.6.